The first-order chi connectivity index (χ1) is 20.3. The smallest absolute Gasteiger partial charge is 0.369 e. The first-order valence-electron chi connectivity index (χ1n) is 11.8. The number of ether oxygens (including phenoxy) is 4. The molecule has 25 heteroatoms. The zero-order chi connectivity index (χ0) is 32.5. The largest absolute Gasteiger partial charge is 0.448 e. The minimum absolute atomic E-state index is 0.100. The molecule has 2 fully saturated rings. The second-order valence-corrected chi connectivity index (χ2v) is 16.2. The highest BCUT2D eigenvalue weighted by Gasteiger charge is 2.60. The molecule has 14 nitrogen and oxygen atoms in total. The Hall–Kier alpha value is 1.40. The van der Waals surface area contributed by atoms with Gasteiger partial charge in [0, 0.05) is 25.4 Å². The molecule has 0 saturated carbocycles. The average Bonchev–Trinajstić information content (AvgIpc) is 2.97. The molecule has 0 spiro atoms. The highest BCUT2D eigenvalue weighted by molar-refractivity contribution is 7.27. The normalized spacial score (nSPS) is 35.1. The van der Waals surface area contributed by atoms with Gasteiger partial charge in [0.1, 0.15) is 11.8 Å². The van der Waals surface area contributed by atoms with Gasteiger partial charge in [-0.05, 0) is 5.92 Å². The van der Waals surface area contributed by atoms with Gasteiger partial charge in [-0.2, -0.15) is 0 Å². The number of alkyl halides is 3. The maximum atomic E-state index is 13.4. The molecule has 6 unspecified atom stereocenters. The van der Waals surface area contributed by atoms with E-state index in [4.69, 9.17) is 72.7 Å². The van der Waals surface area contributed by atoms with Crippen molar-refractivity contribution in [2.75, 3.05) is 12.8 Å². The predicted molar refractivity (Wildman–Crippen MR) is 168 cm³/mol. The molecule has 0 aromatic heterocycles. The van der Waals surface area contributed by atoms with Crippen LogP contribution in [-0.2, 0) is 60.1 Å². The minimum Gasteiger partial charge on any atom is -0.448 e. The Labute approximate surface area is 276 Å². The summed E-state index contributed by atoms with van der Waals surface area (Å²) in [7, 11) is 3.10. The van der Waals surface area contributed by atoms with Gasteiger partial charge in [0.25, 0.3) is 9.58 Å². The fourth-order valence-corrected chi connectivity index (χ4v) is 9.09. The highest BCUT2D eigenvalue weighted by Crippen LogP contribution is 2.48. The zero-order valence-corrected chi connectivity index (χ0v) is 32.0. The predicted octanol–water partition coefficient (Wildman–Crippen LogP) is 5.83. The van der Waals surface area contributed by atoms with Crippen molar-refractivity contribution in [3.05, 3.63) is 0 Å². The highest BCUT2D eigenvalue weighted by atomic mass is 35.6. The summed E-state index contributed by atoms with van der Waals surface area (Å²) in [5.41, 5.74) is -4.52. The van der Waals surface area contributed by atoms with Crippen LogP contribution in [0, 0.1) is 11.3 Å². The number of halogens is 3. The number of carbonyl (C=O) groups is 1. The summed E-state index contributed by atoms with van der Waals surface area (Å²) in [5, 5.41) is 7.97. The van der Waals surface area contributed by atoms with E-state index in [1.54, 1.807) is 16.4 Å². The Balaban J connectivity index is 2.68. The van der Waals surface area contributed by atoms with E-state index < -0.39 is 115 Å². The van der Waals surface area contributed by atoms with Crippen molar-refractivity contribution in [1.82, 2.24) is 0 Å². The van der Waals surface area contributed by atoms with Gasteiger partial charge in [0.2, 0.25) is 12.2 Å². The summed E-state index contributed by atoms with van der Waals surface area (Å²) in [6.07, 6.45) is -6.83. The van der Waals surface area contributed by atoms with E-state index in [2.05, 4.69) is 0 Å². The molecule has 14 atom stereocenters. The molecule has 2 rings (SSSR count). The molecule has 0 aromatic rings. The first-order valence-corrected chi connectivity index (χ1v) is 18.9. The number of nitrogens with one attached hydrogen (secondary N) is 1. The lowest BCUT2D eigenvalue weighted by Crippen LogP contribution is -2.64. The molecule has 2 heterocycles. The topological polar surface area (TPSA) is 191 Å². The van der Waals surface area contributed by atoms with Crippen molar-refractivity contribution in [3.63, 3.8) is 0 Å². The van der Waals surface area contributed by atoms with Gasteiger partial charge in [-0.1, -0.05) is 41.7 Å². The molecular formula is C18H26Cl3NO13P8. The monoisotopic (exact) mass is 817 g/mol. The fourth-order valence-electron chi connectivity index (χ4n) is 4.57. The van der Waals surface area contributed by atoms with Crippen LogP contribution < -0.4 is 0 Å². The van der Waals surface area contributed by atoms with Crippen LogP contribution in [0.4, 0.5) is 0 Å². The summed E-state index contributed by atoms with van der Waals surface area (Å²) in [6, 6.07) is 0. The van der Waals surface area contributed by atoms with Crippen LogP contribution in [0.1, 0.15) is 13.3 Å². The maximum absolute atomic E-state index is 13.4. The Morgan fingerprint density at radius 2 is 1.74 bits per heavy atom. The number of rotatable bonds is 15. The van der Waals surface area contributed by atoms with Crippen molar-refractivity contribution in [1.29, 1.82) is 5.41 Å². The summed E-state index contributed by atoms with van der Waals surface area (Å²) in [5.74, 6) is -5.09. The second kappa shape index (κ2) is 18.8. The first kappa shape index (κ1) is 40.6. The lowest BCUT2D eigenvalue weighted by atomic mass is 9.87. The van der Waals surface area contributed by atoms with Gasteiger partial charge in [-0.3, -0.25) is 28.2 Å². The molecule has 0 aliphatic carbocycles. The third-order valence-corrected chi connectivity index (χ3v) is 11.9. The van der Waals surface area contributed by atoms with Crippen LogP contribution in [0.25, 0.3) is 0 Å². The second-order valence-electron chi connectivity index (χ2n) is 9.15. The van der Waals surface area contributed by atoms with Gasteiger partial charge in [-0.15, -0.1) is 0 Å². The summed E-state index contributed by atoms with van der Waals surface area (Å²) < 4.78 is 97.8. The minimum atomic E-state index is -2.42. The zero-order valence-electron chi connectivity index (χ0n) is 21.8. The van der Waals surface area contributed by atoms with E-state index in [9.17, 15) is 27.6 Å². The van der Waals surface area contributed by atoms with E-state index in [1.165, 1.54) is 0 Å². The van der Waals surface area contributed by atoms with Crippen LogP contribution in [-0.4, -0.2) is 87.6 Å². The molecule has 1 N–H and O–H groups in total. The van der Waals surface area contributed by atoms with E-state index in [0.717, 1.165) is 0 Å². The van der Waals surface area contributed by atoms with Crippen LogP contribution in [0.5, 0.6) is 0 Å². The maximum Gasteiger partial charge on any atom is 0.369 e. The molecule has 2 aliphatic rings. The quantitative estimate of drug-likeness (QED) is 0.0900. The standard InChI is InChI=1S/C18H26Cl3NO13P8/c1-5-8(40-25)2-17(16(23)35-38,32-9(5)12(42-27)7(34-37)4-39-24)33-10-11(41-26)6(3-29-36)30-14(13(10)43-28)31-15(22)18(19,20)21/h5-14,22H,2-4,36-38H2,1H3/t5-,6?,7-,8?,9-,10+,11+,12-,13?,14-,17+/m1/s1. The Morgan fingerprint density at radius 1 is 1.09 bits per heavy atom. The number of hydrogen-bond donors (Lipinski definition) is 1. The van der Waals surface area contributed by atoms with Crippen molar-refractivity contribution < 1.29 is 60.1 Å². The van der Waals surface area contributed by atoms with Crippen LogP contribution in [0.2, 0.25) is 0 Å². The summed E-state index contributed by atoms with van der Waals surface area (Å²) >= 11 is 17.2. The summed E-state index contributed by atoms with van der Waals surface area (Å²) in [4.78, 5) is 13.4. The Morgan fingerprint density at radius 3 is 2.21 bits per heavy atom. The van der Waals surface area contributed by atoms with E-state index in [1.807, 2.05) is 18.9 Å². The van der Waals surface area contributed by atoms with E-state index >= 15 is 0 Å². The van der Waals surface area contributed by atoms with E-state index in [0.29, 0.717) is 0 Å². The van der Waals surface area contributed by atoms with Gasteiger partial charge in [-0.25, -0.2) is 4.79 Å². The molecular weight excluding hydrogens is 792 g/mol. The molecule has 0 amide bonds. The van der Waals surface area contributed by atoms with E-state index in [-0.39, 0.29) is 27.6 Å². The third kappa shape index (κ3) is 9.96. The number of carbonyl (C=O) groups excluding carboxylic acids is 1. The van der Waals surface area contributed by atoms with Crippen molar-refractivity contribution in [2.24, 2.45) is 5.92 Å². The van der Waals surface area contributed by atoms with Gasteiger partial charge in [0.15, 0.2) is 42.3 Å². The molecule has 43 heavy (non-hydrogen) atoms. The molecule has 0 bridgehead atoms. The van der Waals surface area contributed by atoms with Crippen molar-refractivity contribution in [3.8, 4) is 0 Å². The van der Waals surface area contributed by atoms with Gasteiger partial charge < -0.3 is 32.5 Å². The van der Waals surface area contributed by atoms with Crippen molar-refractivity contribution in [2.45, 2.75) is 76.3 Å². The van der Waals surface area contributed by atoms with Crippen LogP contribution in [0.3, 0.4) is 0 Å². The summed E-state index contributed by atoms with van der Waals surface area (Å²) in [6.45, 7) is 1.41. The van der Waals surface area contributed by atoms with Gasteiger partial charge in [0.05, 0.1) is 57.5 Å². The SMILES string of the molecule is C[C@@H]1C(P=O)C[C@](O[C@@H]2C(P=O)[C@@H](OC(=N)C(Cl)(Cl)Cl)OC(COP)[C@@H]2P=O)(C(=O)OP)O[C@H]1[C@H](P=O)[C@@H](CP=O)OP. The van der Waals surface area contributed by atoms with Crippen molar-refractivity contribution >= 4 is 117 Å². The molecule has 242 valence electrons. The van der Waals surface area contributed by atoms with Crippen LogP contribution >= 0.6 is 106 Å². The fraction of sp³-hybridized carbons (Fsp3) is 0.889. The molecule has 2 aliphatic heterocycles. The lowest BCUT2D eigenvalue weighted by molar-refractivity contribution is -0.311. The molecule has 0 aromatic carbocycles. The molecule has 0 radical (unpaired) electrons. The van der Waals surface area contributed by atoms with Crippen LogP contribution in [0.15, 0.2) is 0 Å². The Kier molecular flexibility index (Phi) is 17.8. The molecule has 2 saturated heterocycles. The lowest BCUT2D eigenvalue weighted by Gasteiger charge is -2.49. The third-order valence-electron chi connectivity index (χ3n) is 6.72. The number of hydrogen-bond acceptors (Lipinski definition) is 14. The Bertz CT molecular complexity index is 1050. The van der Waals surface area contributed by atoms with Gasteiger partial charge >= 0.3 is 5.97 Å². The average molecular weight is 819 g/mol.